The summed E-state index contributed by atoms with van der Waals surface area (Å²) in [4.78, 5) is 8.17. The van der Waals surface area contributed by atoms with Gasteiger partial charge < -0.3 is 10.1 Å². The number of hydrogen-bond donors (Lipinski definition) is 1. The molecule has 1 N–H and O–H groups in total. The molecule has 152 valence electrons. The van der Waals surface area contributed by atoms with E-state index < -0.39 is 0 Å². The lowest BCUT2D eigenvalue weighted by molar-refractivity contribution is 0.134. The summed E-state index contributed by atoms with van der Waals surface area (Å²) < 4.78 is 20.5. The molecule has 5 nitrogen and oxygen atoms in total. The van der Waals surface area contributed by atoms with Gasteiger partial charge in [-0.3, -0.25) is 4.98 Å². The second-order valence-corrected chi connectivity index (χ2v) is 7.51. The Morgan fingerprint density at radius 3 is 2.50 bits per heavy atom. The van der Waals surface area contributed by atoms with Gasteiger partial charge in [-0.2, -0.15) is 5.26 Å². The van der Waals surface area contributed by atoms with Gasteiger partial charge in [0.1, 0.15) is 18.0 Å². The number of nitriles is 1. The van der Waals surface area contributed by atoms with Gasteiger partial charge in [-0.05, 0) is 61.1 Å². The third-order valence-corrected chi connectivity index (χ3v) is 5.47. The first-order valence-corrected chi connectivity index (χ1v) is 10.2. The molecular weight excluding hydrogens is 379 g/mol. The zero-order valence-corrected chi connectivity index (χ0v) is 16.6. The Labute approximate surface area is 175 Å². The second-order valence-electron chi connectivity index (χ2n) is 7.51. The topological polar surface area (TPSA) is 70.8 Å². The summed E-state index contributed by atoms with van der Waals surface area (Å²) in [7, 11) is 0. The molecule has 0 bridgehead atoms. The number of aromatic nitrogens is 2. The quantitative estimate of drug-likeness (QED) is 0.651. The Bertz CT molecular complexity index is 1010. The smallest absolute Gasteiger partial charge is 0.213 e. The van der Waals surface area contributed by atoms with Crippen LogP contribution in [0.2, 0.25) is 0 Å². The van der Waals surface area contributed by atoms with Crippen molar-refractivity contribution < 1.29 is 9.13 Å². The summed E-state index contributed by atoms with van der Waals surface area (Å²) in [5.74, 6) is 0.363. The fourth-order valence-electron chi connectivity index (χ4n) is 3.74. The highest BCUT2D eigenvalue weighted by Crippen LogP contribution is 2.24. The number of nitrogens with one attached hydrogen (secondary N) is 1. The van der Waals surface area contributed by atoms with Crippen LogP contribution < -0.4 is 10.1 Å². The molecule has 0 saturated heterocycles. The molecule has 0 amide bonds. The molecule has 1 aromatic carbocycles. The summed E-state index contributed by atoms with van der Waals surface area (Å²) >= 11 is 0. The Balaban J connectivity index is 1.26. The summed E-state index contributed by atoms with van der Waals surface area (Å²) in [6.45, 7) is 0.510. The molecule has 1 fully saturated rings. The highest BCUT2D eigenvalue weighted by atomic mass is 19.1. The highest BCUT2D eigenvalue weighted by Gasteiger charge is 2.22. The van der Waals surface area contributed by atoms with E-state index in [1.54, 1.807) is 30.6 Å². The van der Waals surface area contributed by atoms with Gasteiger partial charge in [-0.1, -0.05) is 12.1 Å². The van der Waals surface area contributed by atoms with Crippen LogP contribution in [-0.2, 0) is 6.54 Å². The van der Waals surface area contributed by atoms with Gasteiger partial charge in [-0.15, -0.1) is 0 Å². The Morgan fingerprint density at radius 1 is 1.03 bits per heavy atom. The van der Waals surface area contributed by atoms with E-state index >= 15 is 0 Å². The molecule has 1 aliphatic rings. The van der Waals surface area contributed by atoms with Crippen LogP contribution in [0.15, 0.2) is 61.1 Å². The first-order chi connectivity index (χ1) is 14.7. The zero-order chi connectivity index (χ0) is 20.8. The lowest BCUT2D eigenvalue weighted by Gasteiger charge is -2.29. The van der Waals surface area contributed by atoms with Gasteiger partial charge in [0.15, 0.2) is 0 Å². The van der Waals surface area contributed by atoms with E-state index in [0.29, 0.717) is 29.6 Å². The van der Waals surface area contributed by atoms with Gasteiger partial charge in [0.05, 0.1) is 5.56 Å². The lowest BCUT2D eigenvalue weighted by Crippen LogP contribution is -2.36. The van der Waals surface area contributed by atoms with Crippen molar-refractivity contribution in [1.29, 1.82) is 5.26 Å². The van der Waals surface area contributed by atoms with E-state index in [9.17, 15) is 4.39 Å². The molecule has 2 heterocycles. The van der Waals surface area contributed by atoms with Crippen molar-refractivity contribution in [2.45, 2.75) is 44.4 Å². The largest absolute Gasteiger partial charge is 0.474 e. The molecule has 4 rings (SSSR count). The predicted octanol–water partition coefficient (Wildman–Crippen LogP) is 4.63. The molecule has 0 unspecified atom stereocenters. The van der Waals surface area contributed by atoms with E-state index in [1.165, 1.54) is 6.20 Å². The van der Waals surface area contributed by atoms with E-state index in [0.717, 1.165) is 36.8 Å². The van der Waals surface area contributed by atoms with E-state index in [1.807, 2.05) is 24.3 Å². The fraction of sp³-hybridized carbons (Fsp3) is 0.292. The Hall–Kier alpha value is -3.30. The van der Waals surface area contributed by atoms with Gasteiger partial charge in [0.25, 0.3) is 0 Å². The molecule has 0 atom stereocenters. The van der Waals surface area contributed by atoms with Crippen LogP contribution in [0.4, 0.5) is 4.39 Å². The van der Waals surface area contributed by atoms with Crippen molar-refractivity contribution >= 4 is 0 Å². The number of benzene rings is 1. The van der Waals surface area contributed by atoms with E-state index in [-0.39, 0.29) is 11.9 Å². The summed E-state index contributed by atoms with van der Waals surface area (Å²) in [5.41, 5.74) is 3.01. The van der Waals surface area contributed by atoms with Crippen molar-refractivity contribution in [2.75, 3.05) is 0 Å². The van der Waals surface area contributed by atoms with Crippen LogP contribution in [-0.4, -0.2) is 22.1 Å². The SMILES string of the molecule is N#Cc1ccc(OC2CCC(NCc3ccc(-c4ccncc4)cc3F)CC2)nc1. The number of hydrogen-bond acceptors (Lipinski definition) is 5. The summed E-state index contributed by atoms with van der Waals surface area (Å²) in [6, 6.07) is 15.0. The monoisotopic (exact) mass is 402 g/mol. The normalized spacial score (nSPS) is 18.5. The Kier molecular flexibility index (Phi) is 6.31. The molecule has 0 aliphatic heterocycles. The average Bonchev–Trinajstić information content (AvgIpc) is 2.80. The lowest BCUT2D eigenvalue weighted by atomic mass is 9.92. The van der Waals surface area contributed by atoms with Gasteiger partial charge >= 0.3 is 0 Å². The molecular formula is C24H23FN4O. The maximum absolute atomic E-state index is 14.5. The number of halogens is 1. The molecule has 3 aromatic rings. The molecule has 0 radical (unpaired) electrons. The highest BCUT2D eigenvalue weighted by molar-refractivity contribution is 5.63. The summed E-state index contributed by atoms with van der Waals surface area (Å²) in [5, 5.41) is 12.3. The van der Waals surface area contributed by atoms with E-state index in [2.05, 4.69) is 21.4 Å². The fourth-order valence-corrected chi connectivity index (χ4v) is 3.74. The number of rotatable bonds is 6. The number of nitrogens with zero attached hydrogens (tertiary/aromatic N) is 3. The van der Waals surface area contributed by atoms with Crippen molar-refractivity contribution in [3.05, 3.63) is 78.0 Å². The van der Waals surface area contributed by atoms with Crippen molar-refractivity contribution in [1.82, 2.24) is 15.3 Å². The molecule has 1 saturated carbocycles. The van der Waals surface area contributed by atoms with Crippen molar-refractivity contribution in [3.63, 3.8) is 0 Å². The van der Waals surface area contributed by atoms with Crippen LogP contribution in [0, 0.1) is 17.1 Å². The molecule has 0 spiro atoms. The predicted molar refractivity (Wildman–Crippen MR) is 112 cm³/mol. The third-order valence-electron chi connectivity index (χ3n) is 5.47. The molecule has 30 heavy (non-hydrogen) atoms. The minimum Gasteiger partial charge on any atom is -0.474 e. The van der Waals surface area contributed by atoms with Crippen LogP contribution in [0.3, 0.4) is 0 Å². The standard InChI is InChI=1S/C24H23FN4O/c25-23-13-19(18-9-11-27-12-10-18)2-3-20(23)16-28-21-4-6-22(7-5-21)30-24-8-1-17(14-26)15-29-24/h1-3,8-13,15,21-22,28H,4-7,16H2. The maximum Gasteiger partial charge on any atom is 0.213 e. The first kappa shape index (κ1) is 20.0. The Morgan fingerprint density at radius 2 is 1.83 bits per heavy atom. The first-order valence-electron chi connectivity index (χ1n) is 10.2. The minimum absolute atomic E-state index is 0.125. The van der Waals surface area contributed by atoms with Crippen LogP contribution in [0.5, 0.6) is 5.88 Å². The van der Waals surface area contributed by atoms with E-state index in [4.69, 9.17) is 10.00 Å². The zero-order valence-electron chi connectivity index (χ0n) is 16.6. The average molecular weight is 402 g/mol. The van der Waals surface area contributed by atoms with Crippen molar-refractivity contribution in [2.24, 2.45) is 0 Å². The van der Waals surface area contributed by atoms with Gasteiger partial charge in [0, 0.05) is 42.8 Å². The molecule has 6 heteroatoms. The number of ether oxygens (including phenoxy) is 1. The third kappa shape index (κ3) is 5.00. The second kappa shape index (κ2) is 9.47. The number of pyridine rings is 2. The minimum atomic E-state index is -0.194. The maximum atomic E-state index is 14.5. The van der Waals surface area contributed by atoms with Crippen molar-refractivity contribution in [3.8, 4) is 23.1 Å². The van der Waals surface area contributed by atoms with Crippen LogP contribution in [0.1, 0.15) is 36.8 Å². The van der Waals surface area contributed by atoms with Crippen LogP contribution in [0.25, 0.3) is 11.1 Å². The van der Waals surface area contributed by atoms with Crippen LogP contribution >= 0.6 is 0 Å². The van der Waals surface area contributed by atoms with Gasteiger partial charge in [0.2, 0.25) is 5.88 Å². The molecule has 1 aliphatic carbocycles. The summed E-state index contributed by atoms with van der Waals surface area (Å²) in [6.07, 6.45) is 8.85. The molecule has 2 aromatic heterocycles. The van der Waals surface area contributed by atoms with Gasteiger partial charge in [-0.25, -0.2) is 9.37 Å².